The summed E-state index contributed by atoms with van der Waals surface area (Å²) in [5.41, 5.74) is 8.14. The molecule has 0 aromatic carbocycles. The van der Waals surface area contributed by atoms with E-state index in [9.17, 15) is 4.79 Å². The van der Waals surface area contributed by atoms with Crippen molar-refractivity contribution >= 4 is 11.6 Å². The Bertz CT molecular complexity index is 483. The summed E-state index contributed by atoms with van der Waals surface area (Å²) < 4.78 is 7.17. The molecular weight excluding hydrogens is 244 g/mol. The van der Waals surface area contributed by atoms with Crippen LogP contribution < -0.4 is 5.73 Å². The number of aryl methyl sites for hydroxylation is 1. The molecule has 2 rings (SSSR count). The summed E-state index contributed by atoms with van der Waals surface area (Å²) in [6.07, 6.45) is 0.988. The maximum absolute atomic E-state index is 12.3. The highest BCUT2D eigenvalue weighted by Gasteiger charge is 2.30. The summed E-state index contributed by atoms with van der Waals surface area (Å²) in [5, 5.41) is 4.29. The zero-order chi connectivity index (χ0) is 14.2. The first-order valence-electron chi connectivity index (χ1n) is 6.58. The number of ether oxygens (including phenoxy) is 1. The van der Waals surface area contributed by atoms with Crippen LogP contribution in [0.1, 0.15) is 24.7 Å². The number of anilines is 1. The number of aromatic nitrogens is 2. The molecule has 2 unspecified atom stereocenters. The van der Waals surface area contributed by atoms with E-state index in [-0.39, 0.29) is 24.6 Å². The Morgan fingerprint density at radius 2 is 2.26 bits per heavy atom. The van der Waals surface area contributed by atoms with E-state index in [2.05, 4.69) is 5.10 Å². The lowest BCUT2D eigenvalue weighted by molar-refractivity contribution is -0.133. The highest BCUT2D eigenvalue weighted by atomic mass is 16.5. The van der Waals surface area contributed by atoms with Gasteiger partial charge in [0, 0.05) is 13.7 Å². The normalized spacial score (nSPS) is 22.7. The van der Waals surface area contributed by atoms with Crippen LogP contribution in [0.3, 0.4) is 0 Å². The lowest BCUT2D eigenvalue weighted by Crippen LogP contribution is -2.42. The van der Waals surface area contributed by atoms with Gasteiger partial charge in [-0.15, -0.1) is 0 Å². The first kappa shape index (κ1) is 13.9. The van der Waals surface area contributed by atoms with Gasteiger partial charge in [0.1, 0.15) is 6.54 Å². The molecule has 2 atom stereocenters. The van der Waals surface area contributed by atoms with Crippen molar-refractivity contribution < 1.29 is 9.53 Å². The van der Waals surface area contributed by atoms with Crippen molar-refractivity contribution in [3.63, 3.8) is 0 Å². The van der Waals surface area contributed by atoms with Crippen LogP contribution in [0.4, 0.5) is 5.69 Å². The first-order chi connectivity index (χ1) is 8.91. The zero-order valence-electron chi connectivity index (χ0n) is 12.0. The van der Waals surface area contributed by atoms with E-state index < -0.39 is 0 Å². The van der Waals surface area contributed by atoms with E-state index >= 15 is 0 Å². The van der Waals surface area contributed by atoms with Crippen molar-refractivity contribution in [3.05, 3.63) is 11.4 Å². The average molecular weight is 266 g/mol. The number of hydrogen-bond donors (Lipinski definition) is 1. The monoisotopic (exact) mass is 266 g/mol. The van der Waals surface area contributed by atoms with Gasteiger partial charge in [-0.2, -0.15) is 5.10 Å². The van der Waals surface area contributed by atoms with Crippen molar-refractivity contribution in [1.82, 2.24) is 14.7 Å². The van der Waals surface area contributed by atoms with Crippen molar-refractivity contribution in [3.8, 4) is 0 Å². The van der Waals surface area contributed by atoms with E-state index in [0.29, 0.717) is 5.69 Å². The number of nitrogens with zero attached hydrogens (tertiary/aromatic N) is 3. The van der Waals surface area contributed by atoms with E-state index in [4.69, 9.17) is 10.5 Å². The van der Waals surface area contributed by atoms with Gasteiger partial charge in [-0.25, -0.2) is 0 Å². The van der Waals surface area contributed by atoms with Crippen LogP contribution in [0.2, 0.25) is 0 Å². The van der Waals surface area contributed by atoms with Gasteiger partial charge in [0.25, 0.3) is 0 Å². The van der Waals surface area contributed by atoms with Crippen molar-refractivity contribution in [2.75, 3.05) is 19.4 Å². The second kappa shape index (κ2) is 5.21. The molecular formula is C13H22N4O2. The molecule has 0 radical (unpaired) electrons. The highest BCUT2D eigenvalue weighted by molar-refractivity contribution is 5.76. The smallest absolute Gasteiger partial charge is 0.244 e. The molecule has 6 heteroatoms. The van der Waals surface area contributed by atoms with Gasteiger partial charge in [-0.3, -0.25) is 9.48 Å². The molecule has 1 aromatic heterocycles. The minimum absolute atomic E-state index is 0.0351. The first-order valence-corrected chi connectivity index (χ1v) is 6.58. The maximum Gasteiger partial charge on any atom is 0.244 e. The van der Waals surface area contributed by atoms with Gasteiger partial charge in [0.15, 0.2) is 0 Å². The summed E-state index contributed by atoms with van der Waals surface area (Å²) in [7, 11) is 1.83. The molecule has 19 heavy (non-hydrogen) atoms. The topological polar surface area (TPSA) is 73.4 Å². The Kier molecular flexibility index (Phi) is 3.80. The number of hydrogen-bond acceptors (Lipinski definition) is 4. The second-order valence-corrected chi connectivity index (χ2v) is 5.18. The molecule has 0 aliphatic carbocycles. The molecule has 0 spiro atoms. The lowest BCUT2D eigenvalue weighted by Gasteiger charge is -2.26. The molecule has 1 saturated heterocycles. The van der Waals surface area contributed by atoms with Crippen LogP contribution in [0.25, 0.3) is 0 Å². The molecule has 0 bridgehead atoms. The molecule has 106 valence electrons. The standard InChI is InChI=1S/C13H22N4O2/c1-8-13(14)9(2)17(15-8)7-12(18)16(4)11-5-6-19-10(11)3/h10-11H,5-7,14H2,1-4H3. The van der Waals surface area contributed by atoms with Crippen LogP contribution in [0, 0.1) is 13.8 Å². The number of rotatable bonds is 3. The summed E-state index contributed by atoms with van der Waals surface area (Å²) in [4.78, 5) is 14.1. The van der Waals surface area contributed by atoms with Gasteiger partial charge in [-0.1, -0.05) is 0 Å². The quantitative estimate of drug-likeness (QED) is 0.875. The molecule has 1 aliphatic heterocycles. The second-order valence-electron chi connectivity index (χ2n) is 5.18. The fourth-order valence-electron chi connectivity index (χ4n) is 2.52. The summed E-state index contributed by atoms with van der Waals surface area (Å²) in [6, 6.07) is 0.154. The Labute approximate surface area is 113 Å². The van der Waals surface area contributed by atoms with Gasteiger partial charge in [0.2, 0.25) is 5.91 Å². The number of carbonyl (C=O) groups excluding carboxylic acids is 1. The predicted molar refractivity (Wildman–Crippen MR) is 72.7 cm³/mol. The third-order valence-electron chi connectivity index (χ3n) is 3.95. The summed E-state index contributed by atoms with van der Waals surface area (Å²) in [5.74, 6) is 0.0351. The third-order valence-corrected chi connectivity index (χ3v) is 3.95. The lowest BCUT2D eigenvalue weighted by atomic mass is 10.1. The highest BCUT2D eigenvalue weighted by Crippen LogP contribution is 2.19. The van der Waals surface area contributed by atoms with Crippen LogP contribution in [0.5, 0.6) is 0 Å². The van der Waals surface area contributed by atoms with Crippen LogP contribution in [-0.2, 0) is 16.1 Å². The van der Waals surface area contributed by atoms with E-state index in [1.54, 1.807) is 9.58 Å². The third kappa shape index (κ3) is 2.58. The van der Waals surface area contributed by atoms with Gasteiger partial charge >= 0.3 is 0 Å². The molecule has 6 nitrogen and oxygen atoms in total. The molecule has 1 fully saturated rings. The molecule has 2 heterocycles. The molecule has 1 aliphatic rings. The predicted octanol–water partition coefficient (Wildman–Crippen LogP) is 0.718. The van der Waals surface area contributed by atoms with Crippen molar-refractivity contribution in [1.29, 1.82) is 0 Å². The minimum Gasteiger partial charge on any atom is -0.396 e. The van der Waals surface area contributed by atoms with Crippen molar-refractivity contribution in [2.45, 2.75) is 45.9 Å². The van der Waals surface area contributed by atoms with E-state index in [1.807, 2.05) is 27.8 Å². The van der Waals surface area contributed by atoms with Crippen molar-refractivity contribution in [2.24, 2.45) is 0 Å². The number of nitrogen functional groups attached to an aromatic ring is 1. The number of amides is 1. The number of likely N-dealkylation sites (N-methyl/N-ethyl adjacent to an activating group) is 1. The fraction of sp³-hybridized carbons (Fsp3) is 0.692. The van der Waals surface area contributed by atoms with Gasteiger partial charge in [0.05, 0.1) is 29.2 Å². The molecule has 1 amide bonds. The Balaban J connectivity index is 2.06. The zero-order valence-corrected chi connectivity index (χ0v) is 12.0. The van der Waals surface area contributed by atoms with Crippen LogP contribution in [-0.4, -0.2) is 46.4 Å². The van der Waals surface area contributed by atoms with Gasteiger partial charge in [-0.05, 0) is 27.2 Å². The number of nitrogens with two attached hydrogens (primary N) is 1. The Hall–Kier alpha value is -1.56. The SMILES string of the molecule is Cc1nn(CC(=O)N(C)C2CCOC2C)c(C)c1N. The maximum atomic E-state index is 12.3. The number of carbonyl (C=O) groups is 1. The summed E-state index contributed by atoms with van der Waals surface area (Å²) >= 11 is 0. The van der Waals surface area contributed by atoms with Crippen LogP contribution >= 0.6 is 0 Å². The van der Waals surface area contributed by atoms with E-state index in [0.717, 1.165) is 24.4 Å². The average Bonchev–Trinajstić information content (AvgIpc) is 2.89. The molecule has 1 aromatic rings. The Morgan fingerprint density at radius 3 is 2.74 bits per heavy atom. The van der Waals surface area contributed by atoms with Gasteiger partial charge < -0.3 is 15.4 Å². The largest absolute Gasteiger partial charge is 0.396 e. The minimum atomic E-state index is 0.0351. The van der Waals surface area contributed by atoms with E-state index in [1.165, 1.54) is 0 Å². The fourth-order valence-corrected chi connectivity index (χ4v) is 2.52. The molecule has 2 N–H and O–H groups in total. The van der Waals surface area contributed by atoms with Crippen LogP contribution in [0.15, 0.2) is 0 Å². The summed E-state index contributed by atoms with van der Waals surface area (Å²) in [6.45, 7) is 6.67. The Morgan fingerprint density at radius 1 is 1.58 bits per heavy atom. The molecule has 0 saturated carbocycles.